The van der Waals surface area contributed by atoms with Crippen LogP contribution in [0, 0.1) is 6.92 Å². The number of carbonyl (C=O) groups is 2. The number of aryl methyl sites for hydroxylation is 1. The van der Waals surface area contributed by atoms with Crippen LogP contribution in [0.15, 0.2) is 65.8 Å². The number of fused-ring (bicyclic) bond motifs is 1. The molecule has 28 heavy (non-hydrogen) atoms. The fraction of sp³-hybridized carbons (Fsp3) is 0.136. The monoisotopic (exact) mass is 393 g/mol. The molecule has 3 aromatic rings. The first-order chi connectivity index (χ1) is 13.4. The minimum atomic E-state index is -0.320. The molecule has 0 aromatic heterocycles. The van der Waals surface area contributed by atoms with Gasteiger partial charge in [0, 0.05) is 22.0 Å². The van der Waals surface area contributed by atoms with Crippen LogP contribution in [0.4, 0.5) is 5.69 Å². The highest BCUT2D eigenvalue weighted by Crippen LogP contribution is 2.19. The SMILES string of the molecule is CC(CC(=O)Nc1ccc(Cl)cc1C)=NNC(=O)c1ccc2ccccc2c1. The molecule has 0 radical (unpaired) electrons. The lowest BCUT2D eigenvalue weighted by molar-refractivity contribution is -0.115. The summed E-state index contributed by atoms with van der Waals surface area (Å²) in [4.78, 5) is 24.5. The van der Waals surface area contributed by atoms with E-state index in [9.17, 15) is 9.59 Å². The molecule has 142 valence electrons. The Morgan fingerprint density at radius 2 is 1.75 bits per heavy atom. The molecule has 0 saturated heterocycles. The standard InChI is InChI=1S/C22H20ClN3O2/c1-14-11-19(23)9-10-20(14)24-21(27)12-15(2)25-26-22(28)18-8-7-16-5-3-4-6-17(16)13-18/h3-11,13H,12H2,1-2H3,(H,24,27)(H,26,28). The first kappa shape index (κ1) is 19.6. The van der Waals surface area contributed by atoms with E-state index < -0.39 is 0 Å². The predicted molar refractivity (Wildman–Crippen MR) is 114 cm³/mol. The second-order valence-corrected chi connectivity index (χ2v) is 6.97. The fourth-order valence-electron chi connectivity index (χ4n) is 2.77. The average Bonchev–Trinajstić information content (AvgIpc) is 2.68. The summed E-state index contributed by atoms with van der Waals surface area (Å²) < 4.78 is 0. The van der Waals surface area contributed by atoms with Crippen molar-refractivity contribution in [2.75, 3.05) is 5.32 Å². The number of halogens is 1. The van der Waals surface area contributed by atoms with Gasteiger partial charge in [-0.15, -0.1) is 0 Å². The summed E-state index contributed by atoms with van der Waals surface area (Å²) in [5.41, 5.74) is 5.08. The van der Waals surface area contributed by atoms with Gasteiger partial charge in [0.15, 0.2) is 0 Å². The average molecular weight is 394 g/mol. The van der Waals surface area contributed by atoms with E-state index in [1.807, 2.05) is 43.3 Å². The number of rotatable bonds is 5. The van der Waals surface area contributed by atoms with Crippen LogP contribution in [0.25, 0.3) is 10.8 Å². The molecule has 3 rings (SSSR count). The molecular formula is C22H20ClN3O2. The van der Waals surface area contributed by atoms with Crippen molar-refractivity contribution in [1.82, 2.24) is 5.43 Å². The Morgan fingerprint density at radius 1 is 1.00 bits per heavy atom. The van der Waals surface area contributed by atoms with Crippen molar-refractivity contribution in [3.8, 4) is 0 Å². The number of anilines is 1. The summed E-state index contributed by atoms with van der Waals surface area (Å²) in [5, 5.41) is 9.51. The number of hydrogen-bond donors (Lipinski definition) is 2. The Balaban J connectivity index is 1.59. The van der Waals surface area contributed by atoms with E-state index >= 15 is 0 Å². The normalized spacial score (nSPS) is 11.3. The van der Waals surface area contributed by atoms with Gasteiger partial charge >= 0.3 is 0 Å². The molecule has 0 aliphatic rings. The number of hydrogen-bond acceptors (Lipinski definition) is 3. The minimum absolute atomic E-state index is 0.0695. The lowest BCUT2D eigenvalue weighted by Gasteiger charge is -2.09. The third-order valence-electron chi connectivity index (χ3n) is 4.24. The fourth-order valence-corrected chi connectivity index (χ4v) is 3.00. The Morgan fingerprint density at radius 3 is 2.50 bits per heavy atom. The van der Waals surface area contributed by atoms with Gasteiger partial charge in [0.25, 0.3) is 5.91 Å². The summed E-state index contributed by atoms with van der Waals surface area (Å²) in [6.07, 6.45) is 0.0695. The highest BCUT2D eigenvalue weighted by Gasteiger charge is 2.09. The van der Waals surface area contributed by atoms with Gasteiger partial charge in [-0.3, -0.25) is 9.59 Å². The Labute approximate surface area is 168 Å². The number of hydrazone groups is 1. The van der Waals surface area contributed by atoms with E-state index in [2.05, 4.69) is 15.8 Å². The lowest BCUT2D eigenvalue weighted by atomic mass is 10.1. The molecule has 0 unspecified atom stereocenters. The summed E-state index contributed by atoms with van der Waals surface area (Å²) in [6.45, 7) is 3.56. The molecule has 0 heterocycles. The van der Waals surface area contributed by atoms with E-state index in [1.54, 1.807) is 31.2 Å². The molecule has 2 N–H and O–H groups in total. The van der Waals surface area contributed by atoms with Gasteiger partial charge in [0.1, 0.15) is 0 Å². The number of nitrogens with zero attached hydrogens (tertiary/aromatic N) is 1. The zero-order valence-corrected chi connectivity index (χ0v) is 16.4. The largest absolute Gasteiger partial charge is 0.326 e. The summed E-state index contributed by atoms with van der Waals surface area (Å²) >= 11 is 5.92. The van der Waals surface area contributed by atoms with Gasteiger partial charge in [0.05, 0.1) is 6.42 Å². The molecule has 0 fully saturated rings. The first-order valence-corrected chi connectivity index (χ1v) is 9.18. The first-order valence-electron chi connectivity index (χ1n) is 8.80. The zero-order valence-electron chi connectivity index (χ0n) is 15.6. The number of amides is 2. The van der Waals surface area contributed by atoms with Crippen molar-refractivity contribution in [3.63, 3.8) is 0 Å². The third kappa shape index (κ3) is 4.96. The highest BCUT2D eigenvalue weighted by molar-refractivity contribution is 6.30. The number of benzene rings is 3. The summed E-state index contributed by atoms with van der Waals surface area (Å²) in [5.74, 6) is -0.536. The number of carbonyl (C=O) groups excluding carboxylic acids is 2. The van der Waals surface area contributed by atoms with Crippen LogP contribution in [-0.4, -0.2) is 17.5 Å². The Hall–Kier alpha value is -3.18. The molecule has 0 aliphatic heterocycles. The molecule has 0 atom stereocenters. The molecule has 0 saturated carbocycles. The van der Waals surface area contributed by atoms with Gasteiger partial charge < -0.3 is 5.32 Å². The van der Waals surface area contributed by atoms with Crippen LogP contribution >= 0.6 is 11.6 Å². The molecular weight excluding hydrogens is 374 g/mol. The van der Waals surface area contributed by atoms with E-state index in [0.717, 1.165) is 16.3 Å². The smallest absolute Gasteiger partial charge is 0.271 e. The second-order valence-electron chi connectivity index (χ2n) is 6.53. The van der Waals surface area contributed by atoms with E-state index in [-0.39, 0.29) is 18.2 Å². The van der Waals surface area contributed by atoms with Crippen molar-refractivity contribution < 1.29 is 9.59 Å². The van der Waals surface area contributed by atoms with Crippen LogP contribution in [0.2, 0.25) is 5.02 Å². The van der Waals surface area contributed by atoms with Gasteiger partial charge in [0.2, 0.25) is 5.91 Å². The van der Waals surface area contributed by atoms with Gasteiger partial charge in [-0.05, 0) is 60.5 Å². The summed E-state index contributed by atoms with van der Waals surface area (Å²) in [6, 6.07) is 18.5. The number of nitrogens with one attached hydrogen (secondary N) is 2. The minimum Gasteiger partial charge on any atom is -0.326 e. The van der Waals surface area contributed by atoms with Crippen molar-refractivity contribution in [1.29, 1.82) is 0 Å². The second kappa shape index (κ2) is 8.67. The van der Waals surface area contributed by atoms with E-state index in [1.165, 1.54) is 0 Å². The van der Waals surface area contributed by atoms with Crippen LogP contribution in [-0.2, 0) is 4.79 Å². The molecule has 0 spiro atoms. The molecule has 0 bridgehead atoms. The van der Waals surface area contributed by atoms with E-state index in [4.69, 9.17) is 11.6 Å². The van der Waals surface area contributed by atoms with Crippen molar-refractivity contribution in [3.05, 3.63) is 76.8 Å². The van der Waals surface area contributed by atoms with Gasteiger partial charge in [-0.25, -0.2) is 5.43 Å². The van der Waals surface area contributed by atoms with Crippen LogP contribution in [0.3, 0.4) is 0 Å². The van der Waals surface area contributed by atoms with Crippen LogP contribution in [0.5, 0.6) is 0 Å². The quantitative estimate of drug-likeness (QED) is 0.476. The van der Waals surface area contributed by atoms with Crippen molar-refractivity contribution in [2.45, 2.75) is 20.3 Å². The molecule has 6 heteroatoms. The maximum Gasteiger partial charge on any atom is 0.271 e. The maximum atomic E-state index is 12.3. The van der Waals surface area contributed by atoms with Crippen molar-refractivity contribution >= 4 is 45.6 Å². The predicted octanol–water partition coefficient (Wildman–Crippen LogP) is 4.94. The molecule has 0 aliphatic carbocycles. The van der Waals surface area contributed by atoms with Crippen LogP contribution in [0.1, 0.15) is 29.3 Å². The molecule has 2 amide bonds. The lowest BCUT2D eigenvalue weighted by Crippen LogP contribution is -2.21. The molecule has 3 aromatic carbocycles. The van der Waals surface area contributed by atoms with E-state index in [0.29, 0.717) is 22.0 Å². The topological polar surface area (TPSA) is 70.6 Å². The molecule has 5 nitrogen and oxygen atoms in total. The highest BCUT2D eigenvalue weighted by atomic mass is 35.5. The Kier molecular flexibility index (Phi) is 6.06. The maximum absolute atomic E-state index is 12.3. The zero-order chi connectivity index (χ0) is 20.1. The van der Waals surface area contributed by atoms with Gasteiger partial charge in [-0.2, -0.15) is 5.10 Å². The van der Waals surface area contributed by atoms with Crippen molar-refractivity contribution in [2.24, 2.45) is 5.10 Å². The third-order valence-corrected chi connectivity index (χ3v) is 4.47. The van der Waals surface area contributed by atoms with Crippen LogP contribution < -0.4 is 10.7 Å². The Bertz CT molecular complexity index is 1080. The van der Waals surface area contributed by atoms with Gasteiger partial charge in [-0.1, -0.05) is 41.9 Å². The summed E-state index contributed by atoms with van der Waals surface area (Å²) in [7, 11) is 0.